The van der Waals surface area contributed by atoms with Gasteiger partial charge in [-0.2, -0.15) is 4.98 Å². The van der Waals surface area contributed by atoms with E-state index in [4.69, 9.17) is 4.74 Å². The van der Waals surface area contributed by atoms with Gasteiger partial charge in [-0.05, 0) is 18.1 Å². The smallest absolute Gasteiger partial charge is 0.228 e. The maximum atomic E-state index is 5.18. The Labute approximate surface area is 134 Å². The molecule has 0 saturated carbocycles. The number of hydrogen-bond donors (Lipinski definition) is 1. The summed E-state index contributed by atoms with van der Waals surface area (Å²) in [6, 6.07) is 10.2. The summed E-state index contributed by atoms with van der Waals surface area (Å²) in [6.45, 7) is 1.71. The number of H-pyrrole nitrogens is 1. The molecule has 0 radical (unpaired) electrons. The number of ether oxygens (including phenoxy) is 1. The first-order chi connectivity index (χ1) is 11.3. The van der Waals surface area contributed by atoms with E-state index in [1.807, 2.05) is 0 Å². The number of hydrogen-bond acceptors (Lipinski definition) is 4. The van der Waals surface area contributed by atoms with Crippen molar-refractivity contribution in [2.75, 3.05) is 25.1 Å². The lowest BCUT2D eigenvalue weighted by molar-refractivity contribution is 0.396. The molecule has 4 rings (SSSR count). The first kappa shape index (κ1) is 13.8. The monoisotopic (exact) mass is 306 g/mol. The molecule has 1 aliphatic heterocycles. The fourth-order valence-corrected chi connectivity index (χ4v) is 3.03. The Hall–Kier alpha value is -2.82. The van der Waals surface area contributed by atoms with Gasteiger partial charge in [-0.3, -0.25) is 0 Å². The SMILES string of the molecule is COc1ccnc(N2CC=C(c3c[nH]c4ccccc34)CC2)n1. The number of anilines is 1. The first-order valence-electron chi connectivity index (χ1n) is 7.72. The van der Waals surface area contributed by atoms with E-state index >= 15 is 0 Å². The summed E-state index contributed by atoms with van der Waals surface area (Å²) < 4.78 is 5.18. The number of para-hydroxylation sites is 1. The minimum atomic E-state index is 0.599. The summed E-state index contributed by atoms with van der Waals surface area (Å²) in [4.78, 5) is 14.3. The number of nitrogens with zero attached hydrogens (tertiary/aromatic N) is 3. The molecule has 0 amide bonds. The van der Waals surface area contributed by atoms with E-state index in [0.29, 0.717) is 5.88 Å². The molecule has 3 heterocycles. The Morgan fingerprint density at radius 1 is 1.22 bits per heavy atom. The van der Waals surface area contributed by atoms with Crippen LogP contribution in [0, 0.1) is 0 Å². The topological polar surface area (TPSA) is 54.0 Å². The molecule has 1 aromatic carbocycles. The Balaban J connectivity index is 1.59. The lowest BCUT2D eigenvalue weighted by Gasteiger charge is -2.26. The van der Waals surface area contributed by atoms with Gasteiger partial charge in [0.25, 0.3) is 0 Å². The van der Waals surface area contributed by atoms with E-state index in [2.05, 4.69) is 56.4 Å². The molecule has 0 atom stereocenters. The molecule has 0 bridgehead atoms. The normalized spacial score (nSPS) is 14.8. The molecule has 0 aliphatic carbocycles. The van der Waals surface area contributed by atoms with Gasteiger partial charge in [0.05, 0.1) is 7.11 Å². The summed E-state index contributed by atoms with van der Waals surface area (Å²) in [7, 11) is 1.62. The number of fused-ring (bicyclic) bond motifs is 1. The van der Waals surface area contributed by atoms with Crippen LogP contribution in [0.15, 0.2) is 48.8 Å². The van der Waals surface area contributed by atoms with Crippen molar-refractivity contribution in [2.24, 2.45) is 0 Å². The number of benzene rings is 1. The van der Waals surface area contributed by atoms with Crippen LogP contribution in [0.4, 0.5) is 5.95 Å². The molecule has 23 heavy (non-hydrogen) atoms. The molecule has 5 nitrogen and oxygen atoms in total. The summed E-state index contributed by atoms with van der Waals surface area (Å²) in [5, 5.41) is 1.28. The minimum absolute atomic E-state index is 0.599. The van der Waals surface area contributed by atoms with Crippen molar-refractivity contribution in [3.63, 3.8) is 0 Å². The highest BCUT2D eigenvalue weighted by Crippen LogP contribution is 2.30. The second-order valence-corrected chi connectivity index (χ2v) is 5.57. The average molecular weight is 306 g/mol. The maximum absolute atomic E-state index is 5.18. The van der Waals surface area contributed by atoms with Gasteiger partial charge in [-0.15, -0.1) is 0 Å². The Kier molecular flexibility index (Phi) is 3.46. The number of aromatic nitrogens is 3. The molecule has 0 saturated heterocycles. The van der Waals surface area contributed by atoms with Crippen molar-refractivity contribution in [1.29, 1.82) is 0 Å². The highest BCUT2D eigenvalue weighted by Gasteiger charge is 2.17. The summed E-state index contributed by atoms with van der Waals surface area (Å²) in [5.74, 6) is 1.32. The first-order valence-corrected chi connectivity index (χ1v) is 7.72. The van der Waals surface area contributed by atoms with E-state index in [9.17, 15) is 0 Å². The highest BCUT2D eigenvalue weighted by atomic mass is 16.5. The van der Waals surface area contributed by atoms with Gasteiger partial charge in [-0.25, -0.2) is 4.98 Å². The maximum Gasteiger partial charge on any atom is 0.228 e. The zero-order valence-electron chi connectivity index (χ0n) is 13.0. The molecule has 3 aromatic rings. The molecule has 0 unspecified atom stereocenters. The standard InChI is InChI=1S/C18H18N4O/c1-23-17-6-9-19-18(21-17)22-10-7-13(8-11-22)15-12-20-16-5-3-2-4-14(15)16/h2-7,9,12,20H,8,10-11H2,1H3. The third-order valence-corrected chi connectivity index (χ3v) is 4.25. The summed E-state index contributed by atoms with van der Waals surface area (Å²) in [6.07, 6.45) is 7.08. The second kappa shape index (κ2) is 5.76. The van der Waals surface area contributed by atoms with E-state index in [1.165, 1.54) is 22.0 Å². The minimum Gasteiger partial charge on any atom is -0.481 e. The van der Waals surface area contributed by atoms with Crippen LogP contribution in [0.3, 0.4) is 0 Å². The predicted molar refractivity (Wildman–Crippen MR) is 91.7 cm³/mol. The molecular weight excluding hydrogens is 288 g/mol. The van der Waals surface area contributed by atoms with Gasteiger partial charge in [-0.1, -0.05) is 24.3 Å². The highest BCUT2D eigenvalue weighted by molar-refractivity contribution is 5.92. The molecule has 5 heteroatoms. The summed E-state index contributed by atoms with van der Waals surface area (Å²) >= 11 is 0. The molecule has 1 aliphatic rings. The van der Waals surface area contributed by atoms with Crippen LogP contribution in [0.2, 0.25) is 0 Å². The molecule has 2 aromatic heterocycles. The van der Waals surface area contributed by atoms with E-state index in [1.54, 1.807) is 19.4 Å². The quantitative estimate of drug-likeness (QED) is 0.807. The van der Waals surface area contributed by atoms with E-state index < -0.39 is 0 Å². The fourth-order valence-electron chi connectivity index (χ4n) is 3.03. The third kappa shape index (κ3) is 2.54. The van der Waals surface area contributed by atoms with Gasteiger partial charge < -0.3 is 14.6 Å². The van der Waals surface area contributed by atoms with Crippen LogP contribution in [-0.4, -0.2) is 35.2 Å². The van der Waals surface area contributed by atoms with E-state index in [0.717, 1.165) is 25.5 Å². The molecule has 1 N–H and O–H groups in total. The van der Waals surface area contributed by atoms with Crippen molar-refractivity contribution >= 4 is 22.4 Å². The molecule has 0 fully saturated rings. The van der Waals surface area contributed by atoms with Crippen LogP contribution in [-0.2, 0) is 0 Å². The fraction of sp³-hybridized carbons (Fsp3) is 0.222. The van der Waals surface area contributed by atoms with Gasteiger partial charge in [0, 0.05) is 48.0 Å². The van der Waals surface area contributed by atoms with Crippen LogP contribution in [0.1, 0.15) is 12.0 Å². The van der Waals surface area contributed by atoms with Crippen molar-refractivity contribution < 1.29 is 4.74 Å². The largest absolute Gasteiger partial charge is 0.481 e. The molecule has 0 spiro atoms. The van der Waals surface area contributed by atoms with Gasteiger partial charge in [0.1, 0.15) is 0 Å². The van der Waals surface area contributed by atoms with Crippen molar-refractivity contribution in [3.05, 3.63) is 54.4 Å². The zero-order chi connectivity index (χ0) is 15.6. The summed E-state index contributed by atoms with van der Waals surface area (Å²) in [5.41, 5.74) is 3.86. The Morgan fingerprint density at radius 3 is 2.96 bits per heavy atom. The van der Waals surface area contributed by atoms with Gasteiger partial charge in [0.15, 0.2) is 0 Å². The van der Waals surface area contributed by atoms with Gasteiger partial charge in [0.2, 0.25) is 11.8 Å². The molecular formula is C18H18N4O. The Morgan fingerprint density at radius 2 is 2.13 bits per heavy atom. The van der Waals surface area contributed by atoms with E-state index in [-0.39, 0.29) is 0 Å². The zero-order valence-corrected chi connectivity index (χ0v) is 13.0. The Bertz CT molecular complexity index is 868. The van der Waals surface area contributed by atoms with Crippen LogP contribution < -0.4 is 9.64 Å². The average Bonchev–Trinajstić information content (AvgIpc) is 3.06. The van der Waals surface area contributed by atoms with Crippen LogP contribution >= 0.6 is 0 Å². The number of nitrogens with one attached hydrogen (secondary N) is 1. The number of aromatic amines is 1. The van der Waals surface area contributed by atoms with Crippen molar-refractivity contribution in [2.45, 2.75) is 6.42 Å². The van der Waals surface area contributed by atoms with Gasteiger partial charge >= 0.3 is 0 Å². The van der Waals surface area contributed by atoms with Crippen LogP contribution in [0.5, 0.6) is 5.88 Å². The second-order valence-electron chi connectivity index (χ2n) is 5.57. The third-order valence-electron chi connectivity index (χ3n) is 4.25. The lowest BCUT2D eigenvalue weighted by atomic mass is 9.99. The predicted octanol–water partition coefficient (Wildman–Crippen LogP) is 3.26. The van der Waals surface area contributed by atoms with Crippen LogP contribution in [0.25, 0.3) is 16.5 Å². The number of rotatable bonds is 3. The number of methoxy groups -OCH3 is 1. The van der Waals surface area contributed by atoms with Crippen molar-refractivity contribution in [1.82, 2.24) is 15.0 Å². The molecule has 116 valence electrons. The lowest BCUT2D eigenvalue weighted by Crippen LogP contribution is -2.29. The van der Waals surface area contributed by atoms with Crippen molar-refractivity contribution in [3.8, 4) is 5.88 Å².